The maximum absolute atomic E-state index is 11.5. The zero-order chi connectivity index (χ0) is 17.9. The van der Waals surface area contributed by atoms with Crippen LogP contribution < -0.4 is 20.7 Å². The molecule has 1 heterocycles. The van der Waals surface area contributed by atoms with Crippen molar-refractivity contribution in [3.63, 3.8) is 0 Å². The summed E-state index contributed by atoms with van der Waals surface area (Å²) in [6.45, 7) is 4.76. The third-order valence-corrected chi connectivity index (χ3v) is 3.49. The first kappa shape index (κ1) is 18.6. The third-order valence-electron chi connectivity index (χ3n) is 3.49. The van der Waals surface area contributed by atoms with Crippen molar-refractivity contribution in [3.05, 3.63) is 30.3 Å². The molecule has 1 aromatic carbocycles. The van der Waals surface area contributed by atoms with Crippen molar-refractivity contribution in [1.82, 2.24) is 20.9 Å². The molecule has 1 fully saturated rings. The van der Waals surface area contributed by atoms with Crippen LogP contribution in [0.15, 0.2) is 35.3 Å². The van der Waals surface area contributed by atoms with Gasteiger partial charge in [-0.25, -0.2) is 4.79 Å². The maximum Gasteiger partial charge on any atom is 0.324 e. The van der Waals surface area contributed by atoms with Crippen LogP contribution in [0.25, 0.3) is 0 Å². The SMILES string of the molecule is CCNC(=NCCCOc1ccccc1)NCCN1C(=O)CNC1=O. The van der Waals surface area contributed by atoms with Gasteiger partial charge in [-0.3, -0.25) is 14.7 Å². The zero-order valence-electron chi connectivity index (χ0n) is 14.5. The highest BCUT2D eigenvalue weighted by molar-refractivity contribution is 6.01. The average molecular weight is 347 g/mol. The number of para-hydroxylation sites is 1. The summed E-state index contributed by atoms with van der Waals surface area (Å²) in [4.78, 5) is 28.6. The van der Waals surface area contributed by atoms with Crippen molar-refractivity contribution in [2.24, 2.45) is 4.99 Å². The monoisotopic (exact) mass is 347 g/mol. The second kappa shape index (κ2) is 10.2. The zero-order valence-corrected chi connectivity index (χ0v) is 14.5. The molecule has 0 aromatic heterocycles. The van der Waals surface area contributed by atoms with Gasteiger partial charge in [-0.15, -0.1) is 0 Å². The van der Waals surface area contributed by atoms with Crippen molar-refractivity contribution < 1.29 is 14.3 Å². The highest BCUT2D eigenvalue weighted by Crippen LogP contribution is 2.08. The summed E-state index contributed by atoms with van der Waals surface area (Å²) < 4.78 is 5.62. The number of rotatable bonds is 9. The van der Waals surface area contributed by atoms with E-state index in [0.29, 0.717) is 32.2 Å². The predicted octanol–water partition coefficient (Wildman–Crippen LogP) is 0.562. The summed E-state index contributed by atoms with van der Waals surface area (Å²) in [6.07, 6.45) is 0.790. The molecule has 1 aliphatic heterocycles. The Morgan fingerprint density at radius 3 is 2.76 bits per heavy atom. The van der Waals surface area contributed by atoms with Crippen LogP contribution in [-0.2, 0) is 4.79 Å². The molecule has 0 bridgehead atoms. The van der Waals surface area contributed by atoms with Crippen LogP contribution in [0.2, 0.25) is 0 Å². The van der Waals surface area contributed by atoms with Gasteiger partial charge in [0.15, 0.2) is 5.96 Å². The van der Waals surface area contributed by atoms with Crippen LogP contribution in [0.5, 0.6) is 5.75 Å². The van der Waals surface area contributed by atoms with E-state index in [1.807, 2.05) is 37.3 Å². The second-order valence-electron chi connectivity index (χ2n) is 5.41. The van der Waals surface area contributed by atoms with E-state index in [1.54, 1.807) is 0 Å². The number of carbonyl (C=O) groups is 2. The first-order chi connectivity index (χ1) is 12.2. The minimum Gasteiger partial charge on any atom is -0.494 e. The Labute approximate surface area is 147 Å². The fourth-order valence-corrected chi connectivity index (χ4v) is 2.27. The second-order valence-corrected chi connectivity index (χ2v) is 5.41. The maximum atomic E-state index is 11.5. The Balaban J connectivity index is 1.67. The van der Waals surface area contributed by atoms with Crippen LogP contribution in [0.3, 0.4) is 0 Å². The number of imide groups is 1. The largest absolute Gasteiger partial charge is 0.494 e. The normalized spacial score (nSPS) is 14.4. The van der Waals surface area contributed by atoms with Crippen molar-refractivity contribution in [1.29, 1.82) is 0 Å². The van der Waals surface area contributed by atoms with E-state index in [0.717, 1.165) is 18.7 Å². The quantitative estimate of drug-likeness (QED) is 0.263. The summed E-state index contributed by atoms with van der Waals surface area (Å²) >= 11 is 0. The molecule has 0 aliphatic carbocycles. The number of amides is 3. The summed E-state index contributed by atoms with van der Waals surface area (Å²) in [6, 6.07) is 9.32. The van der Waals surface area contributed by atoms with Crippen molar-refractivity contribution in [3.8, 4) is 5.75 Å². The molecule has 0 radical (unpaired) electrons. The molecule has 1 aromatic rings. The van der Waals surface area contributed by atoms with Crippen molar-refractivity contribution in [2.75, 3.05) is 39.3 Å². The molecule has 0 spiro atoms. The van der Waals surface area contributed by atoms with Gasteiger partial charge in [0, 0.05) is 32.6 Å². The first-order valence-corrected chi connectivity index (χ1v) is 8.49. The van der Waals surface area contributed by atoms with Crippen LogP contribution in [0, 0.1) is 0 Å². The molecule has 8 nitrogen and oxygen atoms in total. The van der Waals surface area contributed by atoms with Gasteiger partial charge in [0.2, 0.25) is 5.91 Å². The lowest BCUT2D eigenvalue weighted by molar-refractivity contribution is -0.124. The third kappa shape index (κ3) is 6.33. The van der Waals surface area contributed by atoms with Gasteiger partial charge in [-0.2, -0.15) is 0 Å². The number of benzene rings is 1. The van der Waals surface area contributed by atoms with Gasteiger partial charge >= 0.3 is 6.03 Å². The standard InChI is InChI=1S/C17H25N5O3/c1-2-18-16(20-10-11-22-15(23)13-21-17(22)24)19-9-6-12-25-14-7-4-3-5-8-14/h3-5,7-8H,2,6,9-13H2,1H3,(H,21,24)(H2,18,19,20). The van der Waals surface area contributed by atoms with E-state index in [4.69, 9.17) is 4.74 Å². The number of urea groups is 1. The Hall–Kier alpha value is -2.77. The Kier molecular flexibility index (Phi) is 7.55. The van der Waals surface area contributed by atoms with Crippen molar-refractivity contribution >= 4 is 17.9 Å². The summed E-state index contributed by atoms with van der Waals surface area (Å²) in [5, 5.41) is 8.75. The van der Waals surface area contributed by atoms with Gasteiger partial charge < -0.3 is 20.7 Å². The van der Waals surface area contributed by atoms with E-state index in [9.17, 15) is 9.59 Å². The molecular weight excluding hydrogens is 322 g/mol. The van der Waals surface area contributed by atoms with Crippen LogP contribution in [0.1, 0.15) is 13.3 Å². The molecule has 25 heavy (non-hydrogen) atoms. The van der Waals surface area contributed by atoms with E-state index >= 15 is 0 Å². The molecule has 0 unspecified atom stereocenters. The van der Waals surface area contributed by atoms with Gasteiger partial charge in [-0.1, -0.05) is 18.2 Å². The summed E-state index contributed by atoms with van der Waals surface area (Å²) in [5.74, 6) is 1.31. The lowest BCUT2D eigenvalue weighted by Crippen LogP contribution is -2.43. The molecule has 3 N–H and O–H groups in total. The molecule has 1 saturated heterocycles. The molecule has 1 aliphatic rings. The number of nitrogens with zero attached hydrogens (tertiary/aromatic N) is 2. The van der Waals surface area contributed by atoms with Gasteiger partial charge in [0.1, 0.15) is 5.75 Å². The lowest BCUT2D eigenvalue weighted by Gasteiger charge is -2.15. The summed E-state index contributed by atoms with van der Waals surface area (Å²) in [7, 11) is 0. The predicted molar refractivity (Wildman–Crippen MR) is 95.6 cm³/mol. The molecule has 2 rings (SSSR count). The Morgan fingerprint density at radius 2 is 2.08 bits per heavy atom. The fourth-order valence-electron chi connectivity index (χ4n) is 2.27. The van der Waals surface area contributed by atoms with Gasteiger partial charge in [-0.05, 0) is 19.1 Å². The number of nitrogens with one attached hydrogen (secondary N) is 3. The highest BCUT2D eigenvalue weighted by atomic mass is 16.5. The molecule has 3 amide bonds. The van der Waals surface area contributed by atoms with E-state index in [-0.39, 0.29) is 18.5 Å². The molecule has 136 valence electrons. The fraction of sp³-hybridized carbons (Fsp3) is 0.471. The number of ether oxygens (including phenoxy) is 1. The van der Waals surface area contributed by atoms with Crippen LogP contribution in [-0.4, -0.2) is 62.1 Å². The smallest absolute Gasteiger partial charge is 0.324 e. The van der Waals surface area contributed by atoms with E-state index < -0.39 is 0 Å². The number of carbonyl (C=O) groups excluding carboxylic acids is 2. The molecule has 8 heteroatoms. The minimum absolute atomic E-state index is 0.0778. The van der Waals surface area contributed by atoms with E-state index in [1.165, 1.54) is 4.90 Å². The summed E-state index contributed by atoms with van der Waals surface area (Å²) in [5.41, 5.74) is 0. The number of hydrogen-bond donors (Lipinski definition) is 3. The van der Waals surface area contributed by atoms with Gasteiger partial charge in [0.05, 0.1) is 13.2 Å². The van der Waals surface area contributed by atoms with Gasteiger partial charge in [0.25, 0.3) is 0 Å². The Morgan fingerprint density at radius 1 is 1.28 bits per heavy atom. The van der Waals surface area contributed by atoms with Crippen LogP contribution >= 0.6 is 0 Å². The molecule has 0 atom stereocenters. The minimum atomic E-state index is -0.341. The molecular formula is C17H25N5O3. The first-order valence-electron chi connectivity index (χ1n) is 8.49. The Bertz CT molecular complexity index is 575. The lowest BCUT2D eigenvalue weighted by atomic mass is 10.3. The van der Waals surface area contributed by atoms with Crippen molar-refractivity contribution in [2.45, 2.75) is 13.3 Å². The topological polar surface area (TPSA) is 95.1 Å². The van der Waals surface area contributed by atoms with Crippen LogP contribution in [0.4, 0.5) is 4.79 Å². The number of guanidine groups is 1. The average Bonchev–Trinajstić information content (AvgIpc) is 2.94. The number of aliphatic imine (C=N–C) groups is 1. The molecule has 0 saturated carbocycles. The number of hydrogen-bond acceptors (Lipinski definition) is 4. The van der Waals surface area contributed by atoms with E-state index in [2.05, 4.69) is 20.9 Å². The highest BCUT2D eigenvalue weighted by Gasteiger charge is 2.27.